The third-order valence-corrected chi connectivity index (χ3v) is 5.13. The second-order valence-corrected chi connectivity index (χ2v) is 7.00. The van der Waals surface area contributed by atoms with Crippen molar-refractivity contribution in [3.63, 3.8) is 0 Å². The van der Waals surface area contributed by atoms with Gasteiger partial charge in [-0.3, -0.25) is 4.79 Å². The summed E-state index contributed by atoms with van der Waals surface area (Å²) in [4.78, 5) is 17.4. The van der Waals surface area contributed by atoms with Gasteiger partial charge in [-0.15, -0.1) is 0 Å². The van der Waals surface area contributed by atoms with Crippen LogP contribution in [0, 0.1) is 6.92 Å². The van der Waals surface area contributed by atoms with E-state index in [1.807, 2.05) is 13.0 Å². The van der Waals surface area contributed by atoms with E-state index in [4.69, 9.17) is 4.74 Å². The first-order valence-electron chi connectivity index (χ1n) is 9.83. The smallest absolute Gasteiger partial charge is 0.255 e. The molecule has 5 nitrogen and oxygen atoms in total. The van der Waals surface area contributed by atoms with Crippen LogP contribution in [0.15, 0.2) is 55.1 Å². The summed E-state index contributed by atoms with van der Waals surface area (Å²) < 4.78 is 5.45. The normalized spacial score (nSPS) is 14.6. The zero-order chi connectivity index (χ0) is 19.9. The van der Waals surface area contributed by atoms with E-state index in [1.54, 1.807) is 30.3 Å². The predicted octanol–water partition coefficient (Wildman–Crippen LogP) is 3.95. The van der Waals surface area contributed by atoms with Crippen LogP contribution in [-0.2, 0) is 0 Å². The van der Waals surface area contributed by atoms with Crippen LogP contribution in [0.1, 0.15) is 22.8 Å². The van der Waals surface area contributed by atoms with Crippen molar-refractivity contribution in [3.05, 3.63) is 66.2 Å². The molecule has 1 aliphatic rings. The van der Waals surface area contributed by atoms with Crippen LogP contribution in [0.2, 0.25) is 0 Å². The second kappa shape index (κ2) is 9.42. The molecule has 1 amide bonds. The van der Waals surface area contributed by atoms with Gasteiger partial charge in [-0.1, -0.05) is 19.6 Å². The number of anilines is 2. The molecule has 0 aromatic heterocycles. The molecule has 0 bridgehead atoms. The van der Waals surface area contributed by atoms with Crippen LogP contribution in [0.4, 0.5) is 11.4 Å². The minimum Gasteiger partial charge on any atom is -0.490 e. The third-order valence-electron chi connectivity index (χ3n) is 5.13. The van der Waals surface area contributed by atoms with E-state index in [0.29, 0.717) is 12.2 Å². The first kappa shape index (κ1) is 20.0. The Morgan fingerprint density at radius 1 is 1.14 bits per heavy atom. The molecule has 1 N–H and O–H groups in total. The summed E-state index contributed by atoms with van der Waals surface area (Å²) >= 11 is 0. The molecule has 2 aromatic carbocycles. The topological polar surface area (TPSA) is 44.8 Å². The Bertz CT molecular complexity index is 809. The molecule has 0 aliphatic carbocycles. The highest BCUT2D eigenvalue weighted by Gasteiger charge is 2.16. The number of amides is 1. The third kappa shape index (κ3) is 4.93. The van der Waals surface area contributed by atoms with Gasteiger partial charge in [0.1, 0.15) is 12.4 Å². The first-order valence-corrected chi connectivity index (χ1v) is 9.83. The van der Waals surface area contributed by atoms with E-state index in [9.17, 15) is 4.79 Å². The monoisotopic (exact) mass is 379 g/mol. The Hall–Kier alpha value is -2.79. The highest BCUT2D eigenvalue weighted by atomic mass is 16.5. The lowest BCUT2D eigenvalue weighted by Crippen LogP contribution is -2.46. The summed E-state index contributed by atoms with van der Waals surface area (Å²) in [6, 6.07) is 13.4. The number of ether oxygens (including phenoxy) is 1. The summed E-state index contributed by atoms with van der Waals surface area (Å²) in [5.74, 6) is 0.600. The summed E-state index contributed by atoms with van der Waals surface area (Å²) in [7, 11) is 0. The van der Waals surface area contributed by atoms with Crippen molar-refractivity contribution < 1.29 is 9.53 Å². The molecule has 1 heterocycles. The van der Waals surface area contributed by atoms with E-state index >= 15 is 0 Å². The number of rotatable bonds is 7. The summed E-state index contributed by atoms with van der Waals surface area (Å²) in [6.07, 6.45) is 1.69. The number of likely N-dealkylation sites (N-methyl/N-ethyl adjacent to an activating group) is 1. The maximum Gasteiger partial charge on any atom is 0.255 e. The van der Waals surface area contributed by atoms with Gasteiger partial charge in [-0.2, -0.15) is 0 Å². The van der Waals surface area contributed by atoms with Gasteiger partial charge in [0.15, 0.2) is 0 Å². The summed E-state index contributed by atoms with van der Waals surface area (Å²) in [5, 5.41) is 3.01. The molecule has 0 saturated carbocycles. The number of nitrogens with zero attached hydrogens (tertiary/aromatic N) is 2. The summed E-state index contributed by atoms with van der Waals surface area (Å²) in [5.41, 5.74) is 3.72. The molecule has 1 saturated heterocycles. The lowest BCUT2D eigenvalue weighted by atomic mass is 10.1. The average Bonchev–Trinajstić information content (AvgIpc) is 2.74. The molecule has 1 fully saturated rings. The van der Waals surface area contributed by atoms with Crippen LogP contribution >= 0.6 is 0 Å². The Balaban J connectivity index is 1.62. The lowest BCUT2D eigenvalue weighted by Gasteiger charge is -2.35. The molecule has 0 unspecified atom stereocenters. The van der Waals surface area contributed by atoms with Crippen molar-refractivity contribution in [1.82, 2.24) is 4.90 Å². The Morgan fingerprint density at radius 3 is 2.46 bits per heavy atom. The fraction of sp³-hybridized carbons (Fsp3) is 0.348. The molecule has 0 radical (unpaired) electrons. The highest BCUT2D eigenvalue weighted by Crippen LogP contribution is 2.24. The van der Waals surface area contributed by atoms with Gasteiger partial charge in [0.25, 0.3) is 5.91 Å². The number of hydrogen-bond donors (Lipinski definition) is 1. The maximum absolute atomic E-state index is 12.6. The molecule has 148 valence electrons. The number of carbonyl (C=O) groups is 1. The van der Waals surface area contributed by atoms with Crippen molar-refractivity contribution >= 4 is 17.3 Å². The number of piperazine rings is 1. The highest BCUT2D eigenvalue weighted by molar-refractivity contribution is 6.04. The van der Waals surface area contributed by atoms with Crippen molar-refractivity contribution in [3.8, 4) is 5.75 Å². The van der Waals surface area contributed by atoms with Gasteiger partial charge < -0.3 is 19.9 Å². The van der Waals surface area contributed by atoms with Gasteiger partial charge >= 0.3 is 0 Å². The van der Waals surface area contributed by atoms with Crippen LogP contribution < -0.4 is 15.0 Å². The lowest BCUT2D eigenvalue weighted by molar-refractivity contribution is 0.102. The summed E-state index contributed by atoms with van der Waals surface area (Å²) in [6.45, 7) is 13.7. The van der Waals surface area contributed by atoms with Gasteiger partial charge in [-0.05, 0) is 61.5 Å². The number of hydrogen-bond acceptors (Lipinski definition) is 4. The zero-order valence-electron chi connectivity index (χ0n) is 16.8. The fourth-order valence-corrected chi connectivity index (χ4v) is 3.36. The number of aryl methyl sites for hydroxylation is 1. The van der Waals surface area contributed by atoms with Crippen LogP contribution in [0.5, 0.6) is 5.75 Å². The SMILES string of the molecule is C=CCOc1ccc(C(=O)Nc2ccc(N3CCN(CC)CC3)cc2C)cc1. The van der Waals surface area contributed by atoms with E-state index in [-0.39, 0.29) is 5.91 Å². The Morgan fingerprint density at radius 2 is 1.86 bits per heavy atom. The molecule has 0 spiro atoms. The molecular weight excluding hydrogens is 350 g/mol. The fourth-order valence-electron chi connectivity index (χ4n) is 3.36. The molecular formula is C23H29N3O2. The van der Waals surface area contributed by atoms with Crippen LogP contribution in [0.25, 0.3) is 0 Å². The molecule has 5 heteroatoms. The maximum atomic E-state index is 12.6. The van der Waals surface area contributed by atoms with Gasteiger partial charge in [0, 0.05) is 43.1 Å². The van der Waals surface area contributed by atoms with Gasteiger partial charge in [-0.25, -0.2) is 0 Å². The van der Waals surface area contributed by atoms with Crippen molar-refractivity contribution in [2.75, 3.05) is 49.5 Å². The van der Waals surface area contributed by atoms with E-state index in [1.165, 1.54) is 5.69 Å². The number of benzene rings is 2. The minimum absolute atomic E-state index is 0.123. The number of carbonyl (C=O) groups excluding carboxylic acids is 1. The molecule has 3 rings (SSSR count). The zero-order valence-corrected chi connectivity index (χ0v) is 16.8. The minimum atomic E-state index is -0.123. The van der Waals surface area contributed by atoms with Crippen molar-refractivity contribution in [2.24, 2.45) is 0 Å². The van der Waals surface area contributed by atoms with Gasteiger partial charge in [0.05, 0.1) is 0 Å². The van der Waals surface area contributed by atoms with E-state index < -0.39 is 0 Å². The molecule has 0 atom stereocenters. The van der Waals surface area contributed by atoms with Crippen molar-refractivity contribution in [2.45, 2.75) is 13.8 Å². The standard InChI is InChI=1S/C23H29N3O2/c1-4-16-28-21-9-6-19(7-10-21)23(27)24-22-11-8-20(17-18(22)3)26-14-12-25(5-2)13-15-26/h4,6-11,17H,1,5,12-16H2,2-3H3,(H,24,27). The largest absolute Gasteiger partial charge is 0.490 e. The second-order valence-electron chi connectivity index (χ2n) is 7.00. The van der Waals surface area contributed by atoms with E-state index in [2.05, 4.69) is 40.8 Å². The van der Waals surface area contributed by atoms with E-state index in [0.717, 1.165) is 49.7 Å². The van der Waals surface area contributed by atoms with Crippen LogP contribution in [0.3, 0.4) is 0 Å². The Labute approximate surface area is 167 Å². The number of nitrogens with one attached hydrogen (secondary N) is 1. The molecule has 28 heavy (non-hydrogen) atoms. The predicted molar refractivity (Wildman–Crippen MR) is 116 cm³/mol. The average molecular weight is 380 g/mol. The van der Waals surface area contributed by atoms with Crippen molar-refractivity contribution in [1.29, 1.82) is 0 Å². The first-order chi connectivity index (χ1) is 13.6. The quantitative estimate of drug-likeness (QED) is 0.740. The van der Waals surface area contributed by atoms with Gasteiger partial charge in [0.2, 0.25) is 0 Å². The molecule has 1 aliphatic heterocycles. The molecule has 2 aromatic rings. The Kier molecular flexibility index (Phi) is 6.71. The van der Waals surface area contributed by atoms with Crippen LogP contribution in [-0.4, -0.2) is 50.1 Å².